The zero-order valence-electron chi connectivity index (χ0n) is 12.8. The molecular formula is C14H28N6+2. The lowest BCUT2D eigenvalue weighted by molar-refractivity contribution is -1.02. The van der Waals surface area contributed by atoms with Gasteiger partial charge in [0.15, 0.2) is 0 Å². The van der Waals surface area contributed by atoms with Gasteiger partial charge in [0.05, 0.1) is 13.1 Å². The monoisotopic (exact) mass is 280 g/mol. The lowest BCUT2D eigenvalue weighted by Crippen LogP contribution is -3.26. The minimum absolute atomic E-state index is 0.417. The van der Waals surface area contributed by atoms with Crippen LogP contribution in [0, 0.1) is 0 Å². The summed E-state index contributed by atoms with van der Waals surface area (Å²) in [5.74, 6) is 1.10. The molecule has 1 aromatic heterocycles. The molecule has 0 spiro atoms. The Morgan fingerprint density at radius 2 is 1.80 bits per heavy atom. The van der Waals surface area contributed by atoms with Gasteiger partial charge in [-0.25, -0.2) is 4.68 Å². The van der Waals surface area contributed by atoms with E-state index in [2.05, 4.69) is 34.2 Å². The van der Waals surface area contributed by atoms with E-state index in [1.54, 1.807) is 9.80 Å². The van der Waals surface area contributed by atoms with Gasteiger partial charge in [0, 0.05) is 0 Å². The van der Waals surface area contributed by atoms with Gasteiger partial charge in [-0.2, -0.15) is 0 Å². The van der Waals surface area contributed by atoms with E-state index in [-0.39, 0.29) is 0 Å². The number of nitrogens with zero attached hydrogens (tertiary/aromatic N) is 4. The highest BCUT2D eigenvalue weighted by Crippen LogP contribution is 2.28. The maximum absolute atomic E-state index is 4.36. The van der Waals surface area contributed by atoms with Crippen LogP contribution in [0.1, 0.15) is 56.9 Å². The summed E-state index contributed by atoms with van der Waals surface area (Å²) in [5, 5.41) is 12.6. The van der Waals surface area contributed by atoms with E-state index in [1.807, 2.05) is 0 Å². The smallest absolute Gasteiger partial charge is 0.209 e. The van der Waals surface area contributed by atoms with E-state index >= 15 is 0 Å². The number of nitrogens with one attached hydrogen (secondary N) is 2. The third kappa shape index (κ3) is 2.86. The zero-order chi connectivity index (χ0) is 13.9. The van der Waals surface area contributed by atoms with Crippen molar-refractivity contribution in [1.82, 2.24) is 20.2 Å². The van der Waals surface area contributed by atoms with Crippen molar-refractivity contribution in [1.29, 1.82) is 0 Å². The lowest BCUT2D eigenvalue weighted by Gasteiger charge is -2.32. The topological polar surface area (TPSA) is 52.5 Å². The molecular weight excluding hydrogens is 252 g/mol. The minimum Gasteiger partial charge on any atom is -0.328 e. The maximum Gasteiger partial charge on any atom is 0.209 e. The van der Waals surface area contributed by atoms with Crippen LogP contribution in [0.2, 0.25) is 0 Å². The molecule has 20 heavy (non-hydrogen) atoms. The number of rotatable bonds is 3. The van der Waals surface area contributed by atoms with Gasteiger partial charge in [0.25, 0.3) is 0 Å². The van der Waals surface area contributed by atoms with E-state index in [4.69, 9.17) is 0 Å². The molecule has 2 heterocycles. The first-order valence-corrected chi connectivity index (χ1v) is 8.19. The van der Waals surface area contributed by atoms with Gasteiger partial charge in [-0.3, -0.25) is 0 Å². The van der Waals surface area contributed by atoms with Gasteiger partial charge in [0.2, 0.25) is 5.82 Å². The summed E-state index contributed by atoms with van der Waals surface area (Å²) < 4.78 is 2.14. The highest BCUT2D eigenvalue weighted by molar-refractivity contribution is 4.89. The van der Waals surface area contributed by atoms with Gasteiger partial charge in [-0.15, -0.1) is 5.10 Å². The molecule has 6 nitrogen and oxygen atoms in total. The molecule has 0 bridgehead atoms. The standard InChI is InChI=1S/C14H26N6/c1-12(19-10-8-18(2)9-11-19)14-15-16-17-20(14)13-6-4-3-5-7-13/h12-13H,3-11H2,1-2H3/p+2/t12-/m0/s1. The number of piperazine rings is 1. The number of likely N-dealkylation sites (N-methyl/N-ethyl adjacent to an activating group) is 1. The Morgan fingerprint density at radius 3 is 2.50 bits per heavy atom. The number of tetrazole rings is 1. The summed E-state index contributed by atoms with van der Waals surface area (Å²) in [5.41, 5.74) is 0. The minimum atomic E-state index is 0.417. The molecule has 1 aliphatic heterocycles. The molecule has 1 saturated carbocycles. The Kier molecular flexibility index (Phi) is 4.31. The van der Waals surface area contributed by atoms with Gasteiger partial charge < -0.3 is 9.80 Å². The second-order valence-corrected chi connectivity index (χ2v) is 6.61. The molecule has 1 saturated heterocycles. The second kappa shape index (κ2) is 6.18. The molecule has 1 aliphatic carbocycles. The van der Waals surface area contributed by atoms with Crippen LogP contribution in [0.25, 0.3) is 0 Å². The molecule has 2 N–H and O–H groups in total. The van der Waals surface area contributed by atoms with Crippen molar-refractivity contribution in [3.63, 3.8) is 0 Å². The molecule has 112 valence electrons. The Labute approximate surface area is 121 Å². The molecule has 0 amide bonds. The zero-order valence-corrected chi connectivity index (χ0v) is 12.8. The third-order valence-corrected chi connectivity index (χ3v) is 5.18. The van der Waals surface area contributed by atoms with Crippen LogP contribution in [0.5, 0.6) is 0 Å². The van der Waals surface area contributed by atoms with Crippen LogP contribution in [-0.4, -0.2) is 53.4 Å². The normalized spacial score (nSPS) is 30.3. The van der Waals surface area contributed by atoms with E-state index < -0.39 is 0 Å². The Hall–Kier alpha value is -1.01. The first-order valence-electron chi connectivity index (χ1n) is 8.19. The Bertz CT molecular complexity index is 417. The summed E-state index contributed by atoms with van der Waals surface area (Å²) in [6.45, 7) is 7.26. The van der Waals surface area contributed by atoms with Crippen molar-refractivity contribution < 1.29 is 9.80 Å². The van der Waals surface area contributed by atoms with E-state index in [9.17, 15) is 0 Å². The molecule has 3 rings (SSSR count). The summed E-state index contributed by atoms with van der Waals surface area (Å²) in [4.78, 5) is 3.29. The van der Waals surface area contributed by atoms with Crippen molar-refractivity contribution in [3.8, 4) is 0 Å². The highest BCUT2D eigenvalue weighted by atomic mass is 15.6. The summed E-state index contributed by atoms with van der Waals surface area (Å²) in [6.07, 6.45) is 6.50. The van der Waals surface area contributed by atoms with Gasteiger partial charge in [-0.1, -0.05) is 19.3 Å². The van der Waals surface area contributed by atoms with E-state index in [0.29, 0.717) is 12.1 Å². The SMILES string of the molecule is C[C@@H](c1nnnn1C1CCCCC1)[NH+]1CC[NH+](C)CC1. The average Bonchev–Trinajstić information content (AvgIpc) is 2.97. The lowest BCUT2D eigenvalue weighted by atomic mass is 9.95. The summed E-state index contributed by atoms with van der Waals surface area (Å²) in [6, 6.07) is 0.953. The van der Waals surface area contributed by atoms with Crippen molar-refractivity contribution in [2.75, 3.05) is 33.2 Å². The van der Waals surface area contributed by atoms with Crippen LogP contribution >= 0.6 is 0 Å². The molecule has 2 aliphatic rings. The first kappa shape index (κ1) is 13.9. The van der Waals surface area contributed by atoms with Gasteiger partial charge in [-0.05, 0) is 30.2 Å². The molecule has 0 radical (unpaired) electrons. The largest absolute Gasteiger partial charge is 0.328 e. The van der Waals surface area contributed by atoms with Crippen LogP contribution < -0.4 is 9.80 Å². The highest BCUT2D eigenvalue weighted by Gasteiger charge is 2.31. The quantitative estimate of drug-likeness (QED) is 0.720. The number of quaternary nitrogens is 2. The third-order valence-electron chi connectivity index (χ3n) is 5.18. The predicted octanol–water partition coefficient (Wildman–Crippen LogP) is -1.35. The maximum atomic E-state index is 4.36. The molecule has 2 fully saturated rings. The molecule has 6 heteroatoms. The van der Waals surface area contributed by atoms with Gasteiger partial charge >= 0.3 is 0 Å². The number of hydrogen-bond acceptors (Lipinski definition) is 3. The van der Waals surface area contributed by atoms with E-state index in [1.165, 1.54) is 58.3 Å². The average molecular weight is 280 g/mol. The number of aromatic nitrogens is 4. The van der Waals surface area contributed by atoms with Crippen LogP contribution in [0.15, 0.2) is 0 Å². The van der Waals surface area contributed by atoms with E-state index in [0.717, 1.165) is 5.82 Å². The molecule has 1 aromatic rings. The molecule has 1 atom stereocenters. The fraction of sp³-hybridized carbons (Fsp3) is 0.929. The Balaban J connectivity index is 1.71. The molecule has 0 aromatic carbocycles. The summed E-state index contributed by atoms with van der Waals surface area (Å²) >= 11 is 0. The van der Waals surface area contributed by atoms with Crippen LogP contribution in [0.4, 0.5) is 0 Å². The van der Waals surface area contributed by atoms with Crippen molar-refractivity contribution >= 4 is 0 Å². The fourth-order valence-corrected chi connectivity index (χ4v) is 3.68. The van der Waals surface area contributed by atoms with Crippen LogP contribution in [-0.2, 0) is 0 Å². The first-order chi connectivity index (χ1) is 9.75. The van der Waals surface area contributed by atoms with Crippen molar-refractivity contribution in [2.45, 2.75) is 51.1 Å². The number of hydrogen-bond donors (Lipinski definition) is 2. The van der Waals surface area contributed by atoms with Crippen LogP contribution in [0.3, 0.4) is 0 Å². The Morgan fingerprint density at radius 1 is 1.10 bits per heavy atom. The predicted molar refractivity (Wildman–Crippen MR) is 75.7 cm³/mol. The fourth-order valence-electron chi connectivity index (χ4n) is 3.68. The summed E-state index contributed by atoms with van der Waals surface area (Å²) in [7, 11) is 2.29. The van der Waals surface area contributed by atoms with Crippen molar-refractivity contribution in [2.24, 2.45) is 0 Å². The van der Waals surface area contributed by atoms with Gasteiger partial charge in [0.1, 0.15) is 32.2 Å². The van der Waals surface area contributed by atoms with Crippen molar-refractivity contribution in [3.05, 3.63) is 5.82 Å². The molecule has 0 unspecified atom stereocenters. The second-order valence-electron chi connectivity index (χ2n) is 6.61.